The van der Waals surface area contributed by atoms with E-state index in [2.05, 4.69) is 18.0 Å². The smallest absolute Gasteiger partial charge is 0.154 e. The Kier molecular flexibility index (Phi) is 2.53. The van der Waals surface area contributed by atoms with Gasteiger partial charge in [-0.25, -0.2) is 0 Å². The lowest BCUT2D eigenvalue weighted by Gasteiger charge is -2.06. The van der Waals surface area contributed by atoms with Crippen molar-refractivity contribution in [3.05, 3.63) is 53.7 Å². The van der Waals surface area contributed by atoms with E-state index in [0.29, 0.717) is 0 Å². The second-order valence-corrected chi connectivity index (χ2v) is 4.83. The summed E-state index contributed by atoms with van der Waals surface area (Å²) < 4.78 is 7.00. The van der Waals surface area contributed by atoms with Crippen LogP contribution in [0, 0.1) is 6.92 Å². The van der Waals surface area contributed by atoms with Crippen molar-refractivity contribution in [3.8, 4) is 11.5 Å². The van der Waals surface area contributed by atoms with Gasteiger partial charge in [0.15, 0.2) is 5.75 Å². The first kappa shape index (κ1) is 10.3. The molecular formula is C14H11NOS. The van der Waals surface area contributed by atoms with E-state index in [0.717, 1.165) is 21.6 Å². The van der Waals surface area contributed by atoms with Gasteiger partial charge in [0, 0.05) is 11.6 Å². The molecule has 2 aromatic heterocycles. The largest absolute Gasteiger partial charge is 0.455 e. The molecule has 3 rings (SSSR count). The highest BCUT2D eigenvalue weighted by molar-refractivity contribution is 7.17. The fourth-order valence-electron chi connectivity index (χ4n) is 1.68. The minimum atomic E-state index is 0.813. The molecule has 2 heterocycles. The van der Waals surface area contributed by atoms with E-state index >= 15 is 0 Å². The summed E-state index contributed by atoms with van der Waals surface area (Å²) in [4.78, 5) is 4.18. The summed E-state index contributed by atoms with van der Waals surface area (Å²) in [5.74, 6) is 1.66. The standard InChI is InChI=1S/C14H11NOS/c1-10-2-4-11(5-3-10)16-13-8-15-9-14-12(13)6-7-17-14/h2-9H,1H3. The van der Waals surface area contributed by atoms with Crippen LogP contribution in [0.2, 0.25) is 0 Å². The summed E-state index contributed by atoms with van der Waals surface area (Å²) in [6.45, 7) is 2.06. The third-order valence-corrected chi connectivity index (χ3v) is 3.44. The van der Waals surface area contributed by atoms with Crippen molar-refractivity contribution in [3.63, 3.8) is 0 Å². The molecule has 0 radical (unpaired) electrons. The van der Waals surface area contributed by atoms with E-state index in [1.807, 2.05) is 35.8 Å². The van der Waals surface area contributed by atoms with Gasteiger partial charge in [0.25, 0.3) is 0 Å². The van der Waals surface area contributed by atoms with Gasteiger partial charge in [0.05, 0.1) is 10.9 Å². The van der Waals surface area contributed by atoms with Crippen LogP contribution in [-0.2, 0) is 0 Å². The van der Waals surface area contributed by atoms with Gasteiger partial charge in [-0.2, -0.15) is 0 Å². The van der Waals surface area contributed by atoms with E-state index in [1.165, 1.54) is 5.56 Å². The Bertz CT molecular complexity index is 643. The van der Waals surface area contributed by atoms with E-state index in [4.69, 9.17) is 4.74 Å². The summed E-state index contributed by atoms with van der Waals surface area (Å²) in [7, 11) is 0. The van der Waals surface area contributed by atoms with Gasteiger partial charge in [-0.05, 0) is 30.5 Å². The van der Waals surface area contributed by atoms with Gasteiger partial charge in [0.1, 0.15) is 5.75 Å². The Morgan fingerprint density at radius 1 is 1.06 bits per heavy atom. The molecule has 0 aliphatic carbocycles. The zero-order valence-electron chi connectivity index (χ0n) is 9.38. The Morgan fingerprint density at radius 3 is 2.71 bits per heavy atom. The van der Waals surface area contributed by atoms with E-state index < -0.39 is 0 Å². The lowest BCUT2D eigenvalue weighted by molar-refractivity contribution is 0.486. The highest BCUT2D eigenvalue weighted by atomic mass is 32.1. The van der Waals surface area contributed by atoms with Crippen molar-refractivity contribution in [1.82, 2.24) is 4.98 Å². The minimum Gasteiger partial charge on any atom is -0.455 e. The zero-order valence-corrected chi connectivity index (χ0v) is 10.2. The summed E-state index contributed by atoms with van der Waals surface area (Å²) in [5, 5.41) is 3.17. The number of pyridine rings is 1. The van der Waals surface area contributed by atoms with Crippen LogP contribution in [0.3, 0.4) is 0 Å². The van der Waals surface area contributed by atoms with Gasteiger partial charge < -0.3 is 4.74 Å². The summed E-state index contributed by atoms with van der Waals surface area (Å²) in [6.07, 6.45) is 3.62. The van der Waals surface area contributed by atoms with Crippen molar-refractivity contribution in [1.29, 1.82) is 0 Å². The molecule has 0 atom stereocenters. The predicted octanol–water partition coefficient (Wildman–Crippen LogP) is 4.40. The molecule has 0 bridgehead atoms. The number of ether oxygens (including phenoxy) is 1. The number of benzene rings is 1. The lowest BCUT2D eigenvalue weighted by atomic mass is 10.2. The highest BCUT2D eigenvalue weighted by Gasteiger charge is 2.04. The van der Waals surface area contributed by atoms with E-state index in [9.17, 15) is 0 Å². The Balaban J connectivity index is 1.99. The second-order valence-electron chi connectivity index (χ2n) is 3.89. The SMILES string of the molecule is Cc1ccc(Oc2cncc3sccc23)cc1. The summed E-state index contributed by atoms with van der Waals surface area (Å²) >= 11 is 1.67. The fourth-order valence-corrected chi connectivity index (χ4v) is 2.45. The third kappa shape index (κ3) is 2.01. The molecule has 0 amide bonds. The third-order valence-electron chi connectivity index (χ3n) is 2.59. The highest BCUT2D eigenvalue weighted by Crippen LogP contribution is 2.31. The maximum Gasteiger partial charge on any atom is 0.154 e. The van der Waals surface area contributed by atoms with Crippen LogP contribution >= 0.6 is 11.3 Å². The number of aromatic nitrogens is 1. The number of rotatable bonds is 2. The molecule has 3 aromatic rings. The zero-order chi connectivity index (χ0) is 11.7. The molecule has 3 heteroatoms. The fraction of sp³-hybridized carbons (Fsp3) is 0.0714. The van der Waals surface area contributed by atoms with Gasteiger partial charge in [0.2, 0.25) is 0 Å². The van der Waals surface area contributed by atoms with Crippen molar-refractivity contribution in [2.75, 3.05) is 0 Å². The number of nitrogens with zero attached hydrogens (tertiary/aromatic N) is 1. The first-order valence-corrected chi connectivity index (χ1v) is 6.26. The first-order valence-electron chi connectivity index (χ1n) is 5.39. The van der Waals surface area contributed by atoms with Crippen LogP contribution in [0.1, 0.15) is 5.56 Å². The number of thiophene rings is 1. The number of hydrogen-bond donors (Lipinski definition) is 0. The average molecular weight is 241 g/mol. The van der Waals surface area contributed by atoms with Crippen molar-refractivity contribution in [2.45, 2.75) is 6.92 Å². The van der Waals surface area contributed by atoms with Gasteiger partial charge >= 0.3 is 0 Å². The van der Waals surface area contributed by atoms with Crippen LogP contribution in [0.15, 0.2) is 48.1 Å². The molecule has 0 unspecified atom stereocenters. The second kappa shape index (κ2) is 4.18. The van der Waals surface area contributed by atoms with E-state index in [-0.39, 0.29) is 0 Å². The van der Waals surface area contributed by atoms with Crippen LogP contribution in [0.25, 0.3) is 10.1 Å². The Morgan fingerprint density at radius 2 is 1.88 bits per heavy atom. The Hall–Kier alpha value is -1.87. The molecule has 84 valence electrons. The molecular weight excluding hydrogens is 230 g/mol. The molecule has 0 spiro atoms. The number of hydrogen-bond acceptors (Lipinski definition) is 3. The van der Waals surface area contributed by atoms with Gasteiger partial charge in [-0.3, -0.25) is 4.98 Å². The number of aryl methyl sites for hydroxylation is 1. The maximum atomic E-state index is 5.85. The van der Waals surface area contributed by atoms with Crippen LogP contribution in [0.5, 0.6) is 11.5 Å². The normalized spacial score (nSPS) is 10.6. The van der Waals surface area contributed by atoms with Crippen LogP contribution in [-0.4, -0.2) is 4.98 Å². The molecule has 0 N–H and O–H groups in total. The van der Waals surface area contributed by atoms with Crippen LogP contribution < -0.4 is 4.74 Å². The molecule has 0 saturated carbocycles. The predicted molar refractivity (Wildman–Crippen MR) is 70.9 cm³/mol. The molecule has 0 aliphatic heterocycles. The molecule has 2 nitrogen and oxygen atoms in total. The quantitative estimate of drug-likeness (QED) is 0.663. The monoisotopic (exact) mass is 241 g/mol. The minimum absolute atomic E-state index is 0.813. The molecule has 0 aliphatic rings. The molecule has 0 fully saturated rings. The summed E-state index contributed by atoms with van der Waals surface area (Å²) in [6, 6.07) is 10.1. The molecule has 1 aromatic carbocycles. The van der Waals surface area contributed by atoms with Gasteiger partial charge in [-0.1, -0.05) is 17.7 Å². The van der Waals surface area contributed by atoms with Gasteiger partial charge in [-0.15, -0.1) is 11.3 Å². The number of fused-ring (bicyclic) bond motifs is 1. The van der Waals surface area contributed by atoms with E-state index in [1.54, 1.807) is 17.5 Å². The summed E-state index contributed by atoms with van der Waals surface area (Å²) in [5.41, 5.74) is 1.23. The van der Waals surface area contributed by atoms with Crippen molar-refractivity contribution in [2.24, 2.45) is 0 Å². The van der Waals surface area contributed by atoms with Crippen molar-refractivity contribution < 1.29 is 4.74 Å². The molecule has 0 saturated heterocycles. The van der Waals surface area contributed by atoms with Crippen LogP contribution in [0.4, 0.5) is 0 Å². The molecule has 17 heavy (non-hydrogen) atoms. The first-order chi connectivity index (χ1) is 8.33. The Labute approximate surface area is 104 Å². The maximum absolute atomic E-state index is 5.85. The topological polar surface area (TPSA) is 22.1 Å². The average Bonchev–Trinajstić information content (AvgIpc) is 2.81. The lowest BCUT2D eigenvalue weighted by Crippen LogP contribution is -1.85. The van der Waals surface area contributed by atoms with Crippen molar-refractivity contribution >= 4 is 21.4 Å².